The number of rotatable bonds is 6. The van der Waals surface area contributed by atoms with E-state index >= 15 is 0 Å². The Hall–Kier alpha value is -2.01. The van der Waals surface area contributed by atoms with Gasteiger partial charge in [0.1, 0.15) is 0 Å². The molecular weight excluding hydrogens is 252 g/mol. The molecule has 0 bridgehead atoms. The molecule has 0 radical (unpaired) electrons. The molecule has 2 rings (SSSR count). The van der Waals surface area contributed by atoms with Gasteiger partial charge in [0.2, 0.25) is 5.91 Å². The molecule has 1 aromatic carbocycles. The van der Waals surface area contributed by atoms with E-state index in [1.54, 1.807) is 6.20 Å². The first-order valence-corrected chi connectivity index (χ1v) is 6.83. The van der Waals surface area contributed by atoms with Gasteiger partial charge in [-0.3, -0.25) is 9.78 Å². The second-order valence-electron chi connectivity index (χ2n) is 5.15. The highest BCUT2D eigenvalue weighted by Gasteiger charge is 2.03. The zero-order valence-corrected chi connectivity index (χ0v) is 11.9. The first-order valence-electron chi connectivity index (χ1n) is 6.83. The van der Waals surface area contributed by atoms with Crippen LogP contribution in [0.25, 0.3) is 11.0 Å². The van der Waals surface area contributed by atoms with Crippen LogP contribution in [0, 0.1) is 5.92 Å². The van der Waals surface area contributed by atoms with Gasteiger partial charge in [-0.2, -0.15) is 0 Å². The molecule has 0 aliphatic rings. The number of benzene rings is 1. The van der Waals surface area contributed by atoms with Gasteiger partial charge < -0.3 is 10.6 Å². The van der Waals surface area contributed by atoms with Crippen LogP contribution in [0.15, 0.2) is 30.5 Å². The van der Waals surface area contributed by atoms with Crippen LogP contribution < -0.4 is 10.6 Å². The van der Waals surface area contributed by atoms with Gasteiger partial charge in [0, 0.05) is 13.1 Å². The molecule has 5 heteroatoms. The lowest BCUT2D eigenvalue weighted by molar-refractivity contribution is -0.120. The minimum Gasteiger partial charge on any atom is -0.355 e. The van der Waals surface area contributed by atoms with Gasteiger partial charge in [-0.1, -0.05) is 26.0 Å². The van der Waals surface area contributed by atoms with Crippen LogP contribution in [0.3, 0.4) is 0 Å². The lowest BCUT2D eigenvalue weighted by Gasteiger charge is -2.08. The highest BCUT2D eigenvalue weighted by atomic mass is 16.1. The third-order valence-corrected chi connectivity index (χ3v) is 2.80. The van der Waals surface area contributed by atoms with Crippen molar-refractivity contribution in [3.63, 3.8) is 0 Å². The van der Waals surface area contributed by atoms with Gasteiger partial charge in [-0.25, -0.2) is 4.98 Å². The molecule has 0 aliphatic heterocycles. The second kappa shape index (κ2) is 6.96. The normalized spacial score (nSPS) is 10.9. The van der Waals surface area contributed by atoms with E-state index in [-0.39, 0.29) is 5.91 Å². The Bertz CT molecular complexity index is 583. The molecule has 0 aliphatic carbocycles. The Morgan fingerprint density at radius 3 is 2.75 bits per heavy atom. The number of fused-ring (bicyclic) bond motifs is 1. The minimum absolute atomic E-state index is 0.00690. The summed E-state index contributed by atoms with van der Waals surface area (Å²) in [5, 5.41) is 5.94. The summed E-state index contributed by atoms with van der Waals surface area (Å²) in [6.45, 7) is 5.67. The Labute approximate surface area is 118 Å². The van der Waals surface area contributed by atoms with Crippen LogP contribution >= 0.6 is 0 Å². The van der Waals surface area contributed by atoms with Crippen LogP contribution in [0.2, 0.25) is 0 Å². The predicted octanol–water partition coefficient (Wildman–Crippen LogP) is 1.49. The largest absolute Gasteiger partial charge is 0.355 e. The van der Waals surface area contributed by atoms with E-state index in [4.69, 9.17) is 0 Å². The molecule has 0 unspecified atom stereocenters. The fourth-order valence-corrected chi connectivity index (χ4v) is 1.77. The number of amides is 1. The van der Waals surface area contributed by atoms with E-state index in [0.29, 0.717) is 25.6 Å². The maximum Gasteiger partial charge on any atom is 0.233 e. The topological polar surface area (TPSA) is 66.9 Å². The molecule has 2 aromatic rings. The monoisotopic (exact) mass is 272 g/mol. The van der Waals surface area contributed by atoms with Crippen molar-refractivity contribution in [1.29, 1.82) is 0 Å². The van der Waals surface area contributed by atoms with Crippen molar-refractivity contribution in [2.24, 2.45) is 5.92 Å². The highest BCUT2D eigenvalue weighted by Crippen LogP contribution is 2.07. The molecule has 106 valence electrons. The number of hydrogen-bond donors (Lipinski definition) is 2. The van der Waals surface area contributed by atoms with Crippen LogP contribution in [0.4, 0.5) is 0 Å². The molecule has 20 heavy (non-hydrogen) atoms. The highest BCUT2D eigenvalue weighted by molar-refractivity contribution is 5.78. The smallest absolute Gasteiger partial charge is 0.233 e. The van der Waals surface area contributed by atoms with Crippen LogP contribution in [0.5, 0.6) is 0 Å². The molecule has 0 fully saturated rings. The first-order chi connectivity index (χ1) is 9.65. The van der Waals surface area contributed by atoms with Crippen molar-refractivity contribution in [2.75, 3.05) is 13.1 Å². The van der Waals surface area contributed by atoms with E-state index in [9.17, 15) is 4.79 Å². The van der Waals surface area contributed by atoms with Gasteiger partial charge in [0.25, 0.3) is 0 Å². The standard InChI is InChI=1S/C15H20N4O/c1-11(2)7-18-15(20)10-16-8-12-9-17-13-5-3-4-6-14(13)19-12/h3-6,9,11,16H,7-8,10H2,1-2H3,(H,18,20). The molecule has 1 aromatic heterocycles. The Balaban J connectivity index is 1.82. The molecule has 1 heterocycles. The van der Waals surface area contributed by atoms with E-state index in [0.717, 1.165) is 16.7 Å². The molecule has 0 saturated carbocycles. The maximum absolute atomic E-state index is 11.5. The lowest BCUT2D eigenvalue weighted by atomic mass is 10.2. The second-order valence-corrected chi connectivity index (χ2v) is 5.15. The van der Waals surface area contributed by atoms with Crippen molar-refractivity contribution >= 4 is 16.9 Å². The van der Waals surface area contributed by atoms with Crippen LogP contribution in [0.1, 0.15) is 19.5 Å². The van der Waals surface area contributed by atoms with E-state index < -0.39 is 0 Å². The number of para-hydroxylation sites is 2. The lowest BCUT2D eigenvalue weighted by Crippen LogP contribution is -2.35. The average molecular weight is 272 g/mol. The SMILES string of the molecule is CC(C)CNC(=O)CNCc1cnc2ccccc2n1. The fraction of sp³-hybridized carbons (Fsp3) is 0.400. The molecule has 0 saturated heterocycles. The van der Waals surface area contributed by atoms with Crippen LogP contribution in [-0.4, -0.2) is 29.0 Å². The summed E-state index contributed by atoms with van der Waals surface area (Å²) in [6.07, 6.45) is 1.74. The summed E-state index contributed by atoms with van der Waals surface area (Å²) in [6, 6.07) is 7.74. The Morgan fingerprint density at radius 1 is 1.25 bits per heavy atom. The third-order valence-electron chi connectivity index (χ3n) is 2.80. The molecule has 0 atom stereocenters. The summed E-state index contributed by atoms with van der Waals surface area (Å²) in [5.74, 6) is 0.470. The van der Waals surface area contributed by atoms with Crippen molar-refractivity contribution in [2.45, 2.75) is 20.4 Å². The van der Waals surface area contributed by atoms with E-state index in [1.807, 2.05) is 24.3 Å². The van der Waals surface area contributed by atoms with Gasteiger partial charge >= 0.3 is 0 Å². The predicted molar refractivity (Wildman–Crippen MR) is 79.1 cm³/mol. The first kappa shape index (κ1) is 14.4. The molecule has 0 spiro atoms. The summed E-state index contributed by atoms with van der Waals surface area (Å²) < 4.78 is 0. The fourth-order valence-electron chi connectivity index (χ4n) is 1.77. The van der Waals surface area contributed by atoms with Crippen LogP contribution in [-0.2, 0) is 11.3 Å². The number of nitrogens with zero attached hydrogens (tertiary/aromatic N) is 2. The minimum atomic E-state index is 0.00690. The molecule has 1 amide bonds. The van der Waals surface area contributed by atoms with Crippen molar-refractivity contribution in [1.82, 2.24) is 20.6 Å². The van der Waals surface area contributed by atoms with Gasteiger partial charge in [-0.05, 0) is 18.1 Å². The summed E-state index contributed by atoms with van der Waals surface area (Å²) in [4.78, 5) is 20.4. The third kappa shape index (κ3) is 4.28. The van der Waals surface area contributed by atoms with Crippen molar-refractivity contribution in [3.8, 4) is 0 Å². The summed E-state index contributed by atoms with van der Waals surface area (Å²) >= 11 is 0. The summed E-state index contributed by atoms with van der Waals surface area (Å²) in [7, 11) is 0. The zero-order chi connectivity index (χ0) is 14.4. The molecule has 5 nitrogen and oxygen atoms in total. The van der Waals surface area contributed by atoms with E-state index in [2.05, 4.69) is 34.4 Å². The molecular formula is C15H20N4O. The maximum atomic E-state index is 11.5. The van der Waals surface area contributed by atoms with Gasteiger partial charge in [0.15, 0.2) is 0 Å². The van der Waals surface area contributed by atoms with Crippen molar-refractivity contribution < 1.29 is 4.79 Å². The molecule has 2 N–H and O–H groups in total. The number of hydrogen-bond acceptors (Lipinski definition) is 4. The van der Waals surface area contributed by atoms with Gasteiger partial charge in [0.05, 0.1) is 29.5 Å². The van der Waals surface area contributed by atoms with Crippen molar-refractivity contribution in [3.05, 3.63) is 36.2 Å². The number of carbonyl (C=O) groups excluding carboxylic acids is 1. The van der Waals surface area contributed by atoms with E-state index in [1.165, 1.54) is 0 Å². The average Bonchev–Trinajstić information content (AvgIpc) is 2.45. The zero-order valence-electron chi connectivity index (χ0n) is 11.9. The number of aromatic nitrogens is 2. The number of carbonyl (C=O) groups is 1. The number of nitrogens with one attached hydrogen (secondary N) is 2. The summed E-state index contributed by atoms with van der Waals surface area (Å²) in [5.41, 5.74) is 2.59. The quantitative estimate of drug-likeness (QED) is 0.836. The Morgan fingerprint density at radius 2 is 2.00 bits per heavy atom. The van der Waals surface area contributed by atoms with Gasteiger partial charge in [-0.15, -0.1) is 0 Å². The Kier molecular flexibility index (Phi) is 5.01.